The van der Waals surface area contributed by atoms with Crippen LogP contribution in [-0.2, 0) is 14.3 Å². The molecule has 1 aliphatic heterocycles. The monoisotopic (exact) mass is 826 g/mol. The number of ether oxygens (including phenoxy) is 3. The number of carboxylic acid groups (broad SMARTS) is 1. The van der Waals surface area contributed by atoms with E-state index in [2.05, 4.69) is 16.5 Å². The first-order chi connectivity index (χ1) is 29.1. The molecule has 5 fully saturated rings. The highest BCUT2D eigenvalue weighted by atomic mass is 35.5. The summed E-state index contributed by atoms with van der Waals surface area (Å²) in [6.07, 6.45) is 11.5. The summed E-state index contributed by atoms with van der Waals surface area (Å²) in [5, 5.41) is 15.5. The van der Waals surface area contributed by atoms with E-state index < -0.39 is 5.97 Å². The molecule has 0 spiro atoms. The number of nitrogens with zero attached hydrogens (tertiary/aromatic N) is 5. The fraction of sp³-hybridized carbons (Fsp3) is 0.340. The van der Waals surface area contributed by atoms with Gasteiger partial charge in [-0.05, 0) is 129 Å². The SMILES string of the molecule is C=C(COc1c(Cl)cc(C(OC)=C2C3CC4CC(C3)CC2C4)cc1/C=C/C(=O)O)C(=O)N1CCCC(n2nc(-c3ccc(Oc4ccccc4)cc3)c3c(N)ncnc32)C1. The molecule has 4 aliphatic carbocycles. The van der Waals surface area contributed by atoms with Crippen LogP contribution >= 0.6 is 11.6 Å². The smallest absolute Gasteiger partial charge is 0.328 e. The van der Waals surface area contributed by atoms with Crippen molar-refractivity contribution in [1.82, 2.24) is 24.6 Å². The first-order valence-corrected chi connectivity index (χ1v) is 21.0. The van der Waals surface area contributed by atoms with Gasteiger partial charge in [-0.3, -0.25) is 4.79 Å². The van der Waals surface area contributed by atoms with Crippen LogP contribution in [0.5, 0.6) is 17.2 Å². The van der Waals surface area contributed by atoms with Crippen molar-refractivity contribution >= 4 is 52.2 Å². The van der Waals surface area contributed by atoms with Gasteiger partial charge in [-0.2, -0.15) is 5.10 Å². The number of carboxylic acids is 1. The second kappa shape index (κ2) is 16.5. The van der Waals surface area contributed by atoms with E-state index in [0.29, 0.717) is 58.8 Å². The summed E-state index contributed by atoms with van der Waals surface area (Å²) in [4.78, 5) is 36.3. The number of rotatable bonds is 12. The van der Waals surface area contributed by atoms with Crippen LogP contribution in [0.25, 0.3) is 34.1 Å². The van der Waals surface area contributed by atoms with Gasteiger partial charge in [-0.25, -0.2) is 19.4 Å². The van der Waals surface area contributed by atoms with Gasteiger partial charge in [0.05, 0.1) is 23.6 Å². The molecule has 0 radical (unpaired) electrons. The molecule has 1 atom stereocenters. The number of amides is 1. The molecule has 4 saturated carbocycles. The Bertz CT molecular complexity index is 2500. The molecule has 2 aromatic heterocycles. The number of anilines is 1. The minimum Gasteiger partial charge on any atom is -0.496 e. The molecule has 4 bridgehead atoms. The van der Waals surface area contributed by atoms with E-state index in [1.165, 1.54) is 50.1 Å². The number of carbonyl (C=O) groups excluding carboxylic acids is 1. The van der Waals surface area contributed by atoms with Gasteiger partial charge in [0.15, 0.2) is 5.65 Å². The summed E-state index contributed by atoms with van der Waals surface area (Å²) in [5.74, 6) is 4.01. The number of methoxy groups -OCH3 is 1. The van der Waals surface area contributed by atoms with Gasteiger partial charge in [0.25, 0.3) is 5.91 Å². The quantitative estimate of drug-likeness (QED) is 0.0919. The van der Waals surface area contributed by atoms with Gasteiger partial charge >= 0.3 is 5.97 Å². The average Bonchev–Trinajstić information content (AvgIpc) is 3.65. The molecule has 13 heteroatoms. The number of fused-ring (bicyclic) bond motifs is 1. The topological polar surface area (TPSA) is 155 Å². The van der Waals surface area contributed by atoms with Crippen LogP contribution in [0.4, 0.5) is 5.82 Å². The van der Waals surface area contributed by atoms with Crippen molar-refractivity contribution in [3.05, 3.63) is 113 Å². The summed E-state index contributed by atoms with van der Waals surface area (Å²) in [7, 11) is 1.69. The Kier molecular flexibility index (Phi) is 10.8. The summed E-state index contributed by atoms with van der Waals surface area (Å²) >= 11 is 6.94. The maximum Gasteiger partial charge on any atom is 0.328 e. The second-order valence-corrected chi connectivity index (χ2v) is 16.9. The zero-order chi connectivity index (χ0) is 41.5. The number of nitrogen functional groups attached to an aromatic ring is 1. The molecule has 5 aromatic rings. The first-order valence-electron chi connectivity index (χ1n) is 20.6. The Hall–Kier alpha value is -6.14. The predicted octanol–water partition coefficient (Wildman–Crippen LogP) is 9.23. The number of allylic oxidation sites excluding steroid dienone is 1. The lowest BCUT2D eigenvalue weighted by atomic mass is 9.54. The van der Waals surface area contributed by atoms with Crippen LogP contribution in [0.1, 0.15) is 62.1 Å². The third-order valence-corrected chi connectivity index (χ3v) is 12.9. The van der Waals surface area contributed by atoms with E-state index in [4.69, 9.17) is 36.6 Å². The minimum atomic E-state index is -1.11. The van der Waals surface area contributed by atoms with Crippen LogP contribution < -0.4 is 15.2 Å². The predicted molar refractivity (Wildman–Crippen MR) is 230 cm³/mol. The molecular formula is C47H47ClN6O6. The Morgan fingerprint density at radius 1 is 0.983 bits per heavy atom. The van der Waals surface area contributed by atoms with Gasteiger partial charge in [-0.1, -0.05) is 36.4 Å². The number of para-hydroxylation sites is 1. The van der Waals surface area contributed by atoms with Crippen LogP contribution in [0.2, 0.25) is 5.02 Å². The number of carbonyl (C=O) groups is 2. The van der Waals surface area contributed by atoms with Crippen molar-refractivity contribution in [3.8, 4) is 28.5 Å². The molecule has 1 unspecified atom stereocenters. The highest BCUT2D eigenvalue weighted by Gasteiger charge is 2.47. The van der Waals surface area contributed by atoms with Crippen molar-refractivity contribution in [3.63, 3.8) is 0 Å². The standard InChI is InChI=1S/C47H47ClN6O6/c1-27(25-59-43-31(12-15-39(55)56)22-34(23-38(43)48)44(58-2)40-32-18-28-17-29(20-32)21-33(40)19-28)47(57)53-16-6-7-35(24-53)54-46-41(45(49)50-26-51-46)42(52-54)30-10-13-37(14-11-30)60-36-8-4-3-5-9-36/h3-5,8-15,22-23,26,28-29,32-33,35H,1,6-7,16-21,24-25H2,2H3,(H,55,56)(H2,49,50,51)/b15-12+,44-40?. The van der Waals surface area contributed by atoms with Crippen LogP contribution in [0.3, 0.4) is 0 Å². The lowest BCUT2D eigenvalue weighted by Crippen LogP contribution is -2.42. The molecular weight excluding hydrogens is 780 g/mol. The third-order valence-electron chi connectivity index (χ3n) is 12.6. The number of halogens is 1. The van der Waals surface area contributed by atoms with Gasteiger partial charge in [0, 0.05) is 41.4 Å². The third kappa shape index (κ3) is 7.72. The Balaban J connectivity index is 0.922. The zero-order valence-corrected chi connectivity index (χ0v) is 34.2. The number of benzene rings is 3. The molecule has 1 amide bonds. The Morgan fingerprint density at radius 2 is 1.70 bits per heavy atom. The summed E-state index contributed by atoms with van der Waals surface area (Å²) in [5.41, 5.74) is 11.3. The van der Waals surface area contributed by atoms with Crippen molar-refractivity contribution in [2.24, 2.45) is 23.7 Å². The number of nitrogens with two attached hydrogens (primary N) is 1. The van der Waals surface area contributed by atoms with Crippen LogP contribution in [0, 0.1) is 23.7 Å². The van der Waals surface area contributed by atoms with Crippen molar-refractivity contribution in [1.29, 1.82) is 0 Å². The summed E-state index contributed by atoms with van der Waals surface area (Å²) in [6, 6.07) is 20.7. The fourth-order valence-corrected chi connectivity index (χ4v) is 10.5. The van der Waals surface area contributed by atoms with Crippen molar-refractivity contribution in [2.45, 2.75) is 51.0 Å². The van der Waals surface area contributed by atoms with Crippen LogP contribution in [0.15, 0.2) is 96.9 Å². The normalized spacial score (nSPS) is 22.0. The molecule has 12 nitrogen and oxygen atoms in total. The number of aliphatic carboxylic acids is 1. The van der Waals surface area contributed by atoms with Gasteiger partial charge in [0.2, 0.25) is 0 Å². The summed E-state index contributed by atoms with van der Waals surface area (Å²) < 4.78 is 20.2. The molecule has 5 aliphatic rings. The first kappa shape index (κ1) is 39.3. The van der Waals surface area contributed by atoms with E-state index in [1.807, 2.05) is 71.4 Å². The van der Waals surface area contributed by atoms with E-state index in [0.717, 1.165) is 53.4 Å². The molecule has 1 saturated heterocycles. The van der Waals surface area contributed by atoms with Crippen molar-refractivity contribution < 1.29 is 28.9 Å². The van der Waals surface area contributed by atoms with E-state index >= 15 is 0 Å². The van der Waals surface area contributed by atoms with Gasteiger partial charge < -0.3 is 30.0 Å². The lowest BCUT2D eigenvalue weighted by molar-refractivity contribution is -0.131. The van der Waals surface area contributed by atoms with Gasteiger partial charge in [-0.15, -0.1) is 0 Å². The zero-order valence-electron chi connectivity index (χ0n) is 33.4. The number of hydrogen-bond acceptors (Lipinski definition) is 9. The highest BCUT2D eigenvalue weighted by Crippen LogP contribution is 2.58. The lowest BCUT2D eigenvalue weighted by Gasteiger charge is -2.51. The van der Waals surface area contributed by atoms with E-state index in [1.54, 1.807) is 12.0 Å². The van der Waals surface area contributed by atoms with Crippen LogP contribution in [-0.4, -0.2) is 68.4 Å². The number of aromatic nitrogens is 4. The summed E-state index contributed by atoms with van der Waals surface area (Å²) in [6.45, 7) is 4.85. The molecule has 308 valence electrons. The number of likely N-dealkylation sites (tertiary alicyclic amines) is 1. The Morgan fingerprint density at radius 3 is 2.40 bits per heavy atom. The Labute approximate surface area is 353 Å². The average molecular weight is 827 g/mol. The number of piperidine rings is 1. The molecule has 60 heavy (non-hydrogen) atoms. The van der Waals surface area contributed by atoms with Crippen molar-refractivity contribution in [2.75, 3.05) is 32.5 Å². The molecule has 3 N–H and O–H groups in total. The number of hydrogen-bond donors (Lipinski definition) is 2. The highest BCUT2D eigenvalue weighted by molar-refractivity contribution is 6.32. The maximum atomic E-state index is 14.0. The maximum absolute atomic E-state index is 14.0. The fourth-order valence-electron chi connectivity index (χ4n) is 10.2. The molecule has 3 heterocycles. The molecule has 3 aromatic carbocycles. The van der Waals surface area contributed by atoms with Gasteiger partial charge in [0.1, 0.15) is 47.5 Å². The van der Waals surface area contributed by atoms with E-state index in [9.17, 15) is 14.7 Å². The minimum absolute atomic E-state index is 0.152. The molecule has 10 rings (SSSR count). The largest absolute Gasteiger partial charge is 0.496 e. The van der Waals surface area contributed by atoms with E-state index in [-0.39, 0.29) is 34.9 Å². The second-order valence-electron chi connectivity index (χ2n) is 16.5.